The number of carbonyl (C=O) groups excluding carboxylic acids is 1. The fourth-order valence-electron chi connectivity index (χ4n) is 7.83. The van der Waals surface area contributed by atoms with Crippen LogP contribution in [0.25, 0.3) is 0 Å². The Balaban J connectivity index is 1.29. The summed E-state index contributed by atoms with van der Waals surface area (Å²) in [6, 6.07) is 6.33. The fourth-order valence-corrected chi connectivity index (χ4v) is 7.83. The zero-order valence-corrected chi connectivity index (χ0v) is 26.0. The second-order valence-corrected chi connectivity index (χ2v) is 13.7. The first-order valence-corrected chi connectivity index (χ1v) is 15.9. The number of benzene rings is 1. The smallest absolute Gasteiger partial charge is 0.339 e. The van der Waals surface area contributed by atoms with E-state index in [1.807, 2.05) is 17.0 Å². The highest BCUT2D eigenvalue weighted by atomic mass is 16.7. The maximum atomic E-state index is 14.2. The number of rotatable bonds is 10. The quantitative estimate of drug-likeness (QED) is 0.336. The lowest BCUT2D eigenvalue weighted by Gasteiger charge is -2.38. The lowest BCUT2D eigenvalue weighted by Crippen LogP contribution is -2.51. The molecule has 2 saturated heterocycles. The lowest BCUT2D eigenvalue weighted by molar-refractivity contribution is -0.180. The minimum Gasteiger partial charge on any atom is -0.497 e. The van der Waals surface area contributed by atoms with Gasteiger partial charge in [0.15, 0.2) is 23.2 Å². The van der Waals surface area contributed by atoms with Crippen LogP contribution < -0.4 is 9.47 Å². The molecule has 11 heteroatoms. The molecule has 5 aliphatic rings. The molecule has 0 radical (unpaired) electrons. The summed E-state index contributed by atoms with van der Waals surface area (Å²) in [7, 11) is 1.60. The Hall–Kier alpha value is -2.88. The van der Waals surface area contributed by atoms with Crippen molar-refractivity contribution in [2.45, 2.75) is 101 Å². The third-order valence-electron chi connectivity index (χ3n) is 10.2. The number of piperidine rings is 1. The molecule has 0 spiro atoms. The van der Waals surface area contributed by atoms with E-state index in [4.69, 9.17) is 18.9 Å². The van der Waals surface area contributed by atoms with Gasteiger partial charge < -0.3 is 34.3 Å². The lowest BCUT2D eigenvalue weighted by atomic mass is 9.86. The minimum absolute atomic E-state index is 0.000303. The number of carbonyl (C=O) groups is 1. The predicted molar refractivity (Wildman–Crippen MR) is 159 cm³/mol. The van der Waals surface area contributed by atoms with E-state index in [1.165, 1.54) is 0 Å². The number of likely N-dealkylation sites (tertiary alicyclic amines) is 1. The molecule has 6 rings (SSSR count). The summed E-state index contributed by atoms with van der Waals surface area (Å²) in [4.78, 5) is 18.4. The highest BCUT2D eigenvalue weighted by Gasteiger charge is 2.55. The normalized spacial score (nSPS) is 27.2. The van der Waals surface area contributed by atoms with Crippen LogP contribution in [-0.2, 0) is 20.7 Å². The van der Waals surface area contributed by atoms with Crippen molar-refractivity contribution in [2.75, 3.05) is 40.1 Å². The van der Waals surface area contributed by atoms with Crippen molar-refractivity contribution < 1.29 is 39.1 Å². The van der Waals surface area contributed by atoms with E-state index >= 15 is 0 Å². The second-order valence-electron chi connectivity index (χ2n) is 13.7. The van der Waals surface area contributed by atoms with Gasteiger partial charge in [-0.25, -0.2) is 4.79 Å². The van der Waals surface area contributed by atoms with Gasteiger partial charge in [0.05, 0.1) is 18.8 Å². The molecule has 0 amide bonds. The molecule has 1 unspecified atom stereocenters. The molecule has 1 aromatic rings. The molecule has 2 fully saturated rings. The van der Waals surface area contributed by atoms with Gasteiger partial charge in [-0.05, 0) is 87.6 Å². The fraction of sp³-hybridized carbons (Fsp3) is 0.697. The molecule has 5 atom stereocenters. The average molecular weight is 612 g/mol. The van der Waals surface area contributed by atoms with Crippen LogP contribution in [0.1, 0.15) is 75.8 Å². The van der Waals surface area contributed by atoms with E-state index < -0.39 is 29.5 Å². The monoisotopic (exact) mass is 611 g/mol. The summed E-state index contributed by atoms with van der Waals surface area (Å²) < 4.78 is 23.7. The zero-order chi connectivity index (χ0) is 31.2. The zero-order valence-electron chi connectivity index (χ0n) is 26.0. The van der Waals surface area contributed by atoms with Crippen LogP contribution in [0.5, 0.6) is 11.5 Å². The topological polar surface area (TPSA) is 145 Å². The molecule has 4 aliphatic heterocycles. The average Bonchev–Trinajstić information content (AvgIpc) is 3.66. The van der Waals surface area contributed by atoms with Gasteiger partial charge in [-0.1, -0.05) is 0 Å². The summed E-state index contributed by atoms with van der Waals surface area (Å²) in [5, 5.41) is 42.8. The van der Waals surface area contributed by atoms with E-state index in [-0.39, 0.29) is 37.5 Å². The standard InChI is InChI=1S/C33H45N3O8/c1-32(2,39)9-4-10-33(40,17-26(37)35-11-5-20(18-34)6-12-35)31(38)44-30-27-23-16-25-24(42-19-43-25)15-21(23)7-13-36-14-8-22(28(27)36)29(30)41-3/h15-16,20,26-28,30,37,39-40H,4-14,17,19H2,1-3H3/t26?,27-,28+,30-,33+/m0/s1. The van der Waals surface area contributed by atoms with Gasteiger partial charge in [-0.3, -0.25) is 9.80 Å². The van der Waals surface area contributed by atoms with Gasteiger partial charge in [0.1, 0.15) is 12.0 Å². The number of ether oxygens (including phenoxy) is 4. The molecule has 11 nitrogen and oxygen atoms in total. The Morgan fingerprint density at radius 1 is 1.11 bits per heavy atom. The summed E-state index contributed by atoms with van der Waals surface area (Å²) in [5.74, 6) is 0.882. The molecule has 1 aliphatic carbocycles. The number of hydrogen-bond donors (Lipinski definition) is 3. The molecular weight excluding hydrogens is 566 g/mol. The Bertz CT molecular complexity index is 1330. The van der Waals surface area contributed by atoms with Crippen LogP contribution in [0.15, 0.2) is 23.5 Å². The molecule has 0 saturated carbocycles. The third kappa shape index (κ3) is 5.90. The number of nitriles is 1. The van der Waals surface area contributed by atoms with Crippen LogP contribution >= 0.6 is 0 Å². The van der Waals surface area contributed by atoms with E-state index in [1.54, 1.807) is 21.0 Å². The van der Waals surface area contributed by atoms with Gasteiger partial charge in [-0.15, -0.1) is 0 Å². The van der Waals surface area contributed by atoms with Crippen molar-refractivity contribution in [3.8, 4) is 17.6 Å². The number of aliphatic hydroxyl groups excluding tert-OH is 1. The Morgan fingerprint density at radius 2 is 1.82 bits per heavy atom. The van der Waals surface area contributed by atoms with Crippen molar-refractivity contribution in [3.63, 3.8) is 0 Å². The summed E-state index contributed by atoms with van der Waals surface area (Å²) >= 11 is 0. The number of aliphatic hydroxyl groups is 3. The summed E-state index contributed by atoms with van der Waals surface area (Å²) in [6.07, 6.45) is 1.52. The summed E-state index contributed by atoms with van der Waals surface area (Å²) in [6.45, 7) is 6.29. The van der Waals surface area contributed by atoms with Crippen molar-refractivity contribution in [1.29, 1.82) is 5.26 Å². The Morgan fingerprint density at radius 3 is 2.50 bits per heavy atom. The van der Waals surface area contributed by atoms with Crippen LogP contribution in [-0.4, -0.2) is 101 Å². The third-order valence-corrected chi connectivity index (χ3v) is 10.2. The minimum atomic E-state index is -2.00. The Kier molecular flexibility index (Phi) is 8.58. The molecule has 44 heavy (non-hydrogen) atoms. The van der Waals surface area contributed by atoms with Gasteiger partial charge >= 0.3 is 5.97 Å². The molecule has 240 valence electrons. The molecular formula is C33H45N3O8. The number of fused-ring (bicyclic) bond motifs is 3. The first-order chi connectivity index (χ1) is 21.0. The number of esters is 1. The van der Waals surface area contributed by atoms with Gasteiger partial charge in [-0.2, -0.15) is 5.26 Å². The van der Waals surface area contributed by atoms with Gasteiger partial charge in [0, 0.05) is 50.5 Å². The van der Waals surface area contributed by atoms with E-state index in [2.05, 4.69) is 11.0 Å². The molecule has 0 bridgehead atoms. The largest absolute Gasteiger partial charge is 0.497 e. The molecule has 1 aromatic carbocycles. The van der Waals surface area contributed by atoms with Crippen molar-refractivity contribution >= 4 is 5.97 Å². The number of methoxy groups -OCH3 is 1. The highest BCUT2D eigenvalue weighted by molar-refractivity contribution is 5.80. The van der Waals surface area contributed by atoms with E-state index in [0.717, 1.165) is 42.6 Å². The van der Waals surface area contributed by atoms with E-state index in [9.17, 15) is 25.4 Å². The first kappa shape index (κ1) is 31.1. The van der Waals surface area contributed by atoms with Crippen LogP contribution in [0.3, 0.4) is 0 Å². The number of hydrogen-bond acceptors (Lipinski definition) is 11. The molecule has 3 N–H and O–H groups in total. The maximum absolute atomic E-state index is 14.2. The second kappa shape index (κ2) is 12.1. The van der Waals surface area contributed by atoms with E-state index in [0.29, 0.717) is 56.0 Å². The van der Waals surface area contributed by atoms with Crippen LogP contribution in [0.4, 0.5) is 0 Å². The van der Waals surface area contributed by atoms with Crippen LogP contribution in [0, 0.1) is 17.2 Å². The molecule has 4 heterocycles. The first-order valence-electron chi connectivity index (χ1n) is 15.9. The SMILES string of the molecule is COC1=C2CCN3CCc4cc5c(cc4[C@H]([C@@H]1OC(=O)[C@@](O)(CCCC(C)(C)O)CC(O)N1CCC(C#N)CC1)[C@@H]23)OCO5. The van der Waals surface area contributed by atoms with Crippen molar-refractivity contribution in [2.24, 2.45) is 5.92 Å². The van der Waals surface area contributed by atoms with Gasteiger partial charge in [0.2, 0.25) is 6.79 Å². The van der Waals surface area contributed by atoms with Crippen molar-refractivity contribution in [3.05, 3.63) is 34.6 Å². The maximum Gasteiger partial charge on any atom is 0.339 e. The molecule has 0 aromatic heterocycles. The van der Waals surface area contributed by atoms with Crippen molar-refractivity contribution in [1.82, 2.24) is 9.80 Å². The Labute approximate surface area is 258 Å². The predicted octanol–water partition coefficient (Wildman–Crippen LogP) is 2.57. The highest BCUT2D eigenvalue weighted by Crippen LogP contribution is 2.52. The summed E-state index contributed by atoms with van der Waals surface area (Å²) in [5.41, 5.74) is 0.283. The van der Waals surface area contributed by atoms with Gasteiger partial charge in [0.25, 0.3) is 0 Å². The van der Waals surface area contributed by atoms with Crippen LogP contribution in [0.2, 0.25) is 0 Å². The number of nitrogens with zero attached hydrogens (tertiary/aromatic N) is 3.